The number of carbonyl (C=O) groups excluding carboxylic acids is 3. The Morgan fingerprint density at radius 3 is 2.37 bits per heavy atom. The molecule has 7 nitrogen and oxygen atoms in total. The van der Waals surface area contributed by atoms with Crippen molar-refractivity contribution in [1.82, 2.24) is 5.32 Å². The highest BCUT2D eigenvalue weighted by molar-refractivity contribution is 6.39. The van der Waals surface area contributed by atoms with Gasteiger partial charge in [-0.1, -0.05) is 41.9 Å². The monoisotopic (exact) mass is 530 g/mol. The second-order valence-corrected chi connectivity index (χ2v) is 9.30. The first-order valence-corrected chi connectivity index (χ1v) is 12.3. The number of hydrogen-bond donors (Lipinski definition) is 1. The van der Waals surface area contributed by atoms with E-state index >= 15 is 0 Å². The van der Waals surface area contributed by atoms with Gasteiger partial charge in [-0.25, -0.2) is 9.69 Å². The van der Waals surface area contributed by atoms with Crippen LogP contribution < -0.4 is 19.7 Å². The molecule has 0 aromatic heterocycles. The van der Waals surface area contributed by atoms with Crippen molar-refractivity contribution in [3.8, 4) is 11.5 Å². The fourth-order valence-corrected chi connectivity index (χ4v) is 4.48. The van der Waals surface area contributed by atoms with E-state index in [0.717, 1.165) is 27.2 Å². The molecule has 1 fully saturated rings. The van der Waals surface area contributed by atoms with Gasteiger partial charge in [-0.2, -0.15) is 0 Å². The lowest BCUT2D eigenvalue weighted by atomic mass is 10.0. The maximum atomic E-state index is 13.4. The number of amides is 4. The Hall–Kier alpha value is -4.36. The number of anilines is 1. The summed E-state index contributed by atoms with van der Waals surface area (Å²) < 4.78 is 11.7. The predicted molar refractivity (Wildman–Crippen MR) is 148 cm³/mol. The number of imide groups is 2. The van der Waals surface area contributed by atoms with Crippen molar-refractivity contribution >= 4 is 41.2 Å². The highest BCUT2D eigenvalue weighted by Gasteiger charge is 2.37. The molecule has 3 aromatic carbocycles. The fourth-order valence-electron chi connectivity index (χ4n) is 4.29. The van der Waals surface area contributed by atoms with Gasteiger partial charge in [0, 0.05) is 16.1 Å². The number of nitrogens with zero attached hydrogens (tertiary/aromatic N) is 1. The SMILES string of the molecule is C=CCc1cc(/C=C2\C(=O)NC(=O)N(c3cc(C)cc(C)c3)C2=O)cc(OC)c1OCc1ccccc1Cl. The number of allylic oxidation sites excluding steroid dienone is 1. The van der Waals surface area contributed by atoms with E-state index in [1.807, 2.05) is 38.1 Å². The van der Waals surface area contributed by atoms with Crippen LogP contribution in [0.4, 0.5) is 10.5 Å². The van der Waals surface area contributed by atoms with E-state index in [2.05, 4.69) is 11.9 Å². The third-order valence-corrected chi connectivity index (χ3v) is 6.31. The molecule has 3 aromatic rings. The van der Waals surface area contributed by atoms with Crippen molar-refractivity contribution < 1.29 is 23.9 Å². The van der Waals surface area contributed by atoms with Gasteiger partial charge >= 0.3 is 6.03 Å². The normalized spacial score (nSPS) is 14.5. The standard InChI is InChI=1S/C30H27ClN2O5/c1-5-8-21-14-20(16-26(37-4)27(21)38-17-22-9-6-7-10-25(22)31)15-24-28(34)32-30(36)33(29(24)35)23-12-18(2)11-19(3)13-23/h5-7,9-16H,1,8,17H2,2-4H3,(H,32,34,36)/b24-15+. The number of halogens is 1. The summed E-state index contributed by atoms with van der Waals surface area (Å²) in [6.07, 6.45) is 3.60. The molecule has 0 saturated carbocycles. The number of carbonyl (C=O) groups is 3. The first-order chi connectivity index (χ1) is 18.2. The summed E-state index contributed by atoms with van der Waals surface area (Å²) in [6.45, 7) is 7.78. The van der Waals surface area contributed by atoms with Crippen molar-refractivity contribution in [1.29, 1.82) is 0 Å². The van der Waals surface area contributed by atoms with Crippen molar-refractivity contribution in [2.75, 3.05) is 12.0 Å². The largest absolute Gasteiger partial charge is 0.493 e. The quantitative estimate of drug-likeness (QED) is 0.221. The zero-order chi connectivity index (χ0) is 27.4. The molecule has 1 N–H and O–H groups in total. The van der Waals surface area contributed by atoms with E-state index in [0.29, 0.717) is 34.2 Å². The van der Waals surface area contributed by atoms with E-state index < -0.39 is 17.8 Å². The number of aryl methyl sites for hydroxylation is 2. The van der Waals surface area contributed by atoms with Gasteiger partial charge in [0.15, 0.2) is 11.5 Å². The average Bonchev–Trinajstić information content (AvgIpc) is 2.86. The van der Waals surface area contributed by atoms with Gasteiger partial charge in [0.05, 0.1) is 12.8 Å². The Kier molecular flexibility index (Phi) is 7.98. The third-order valence-electron chi connectivity index (χ3n) is 5.95. The van der Waals surface area contributed by atoms with E-state index in [1.54, 1.807) is 36.4 Å². The number of methoxy groups -OCH3 is 1. The maximum Gasteiger partial charge on any atom is 0.335 e. The van der Waals surface area contributed by atoms with Crippen LogP contribution >= 0.6 is 11.6 Å². The number of benzene rings is 3. The van der Waals surface area contributed by atoms with Crippen LogP contribution in [0.5, 0.6) is 11.5 Å². The molecule has 0 unspecified atom stereocenters. The van der Waals surface area contributed by atoms with Crippen LogP contribution in [0.2, 0.25) is 5.02 Å². The molecule has 1 aliphatic heterocycles. The number of nitrogens with one attached hydrogen (secondary N) is 1. The van der Waals surface area contributed by atoms with Crippen LogP contribution in [0.15, 0.2) is 72.8 Å². The molecular formula is C30H27ClN2O5. The zero-order valence-corrected chi connectivity index (χ0v) is 22.1. The summed E-state index contributed by atoms with van der Waals surface area (Å²) in [4.78, 5) is 39.7. The highest BCUT2D eigenvalue weighted by Crippen LogP contribution is 2.36. The fraction of sp³-hybridized carbons (Fsp3) is 0.167. The molecule has 194 valence electrons. The van der Waals surface area contributed by atoms with Gasteiger partial charge in [-0.15, -0.1) is 6.58 Å². The van der Waals surface area contributed by atoms with Gasteiger partial charge in [0.25, 0.3) is 11.8 Å². The van der Waals surface area contributed by atoms with E-state index in [4.69, 9.17) is 21.1 Å². The zero-order valence-electron chi connectivity index (χ0n) is 21.3. The van der Waals surface area contributed by atoms with Gasteiger partial charge in [0.1, 0.15) is 12.2 Å². The maximum absolute atomic E-state index is 13.4. The second kappa shape index (κ2) is 11.4. The Bertz CT molecular complexity index is 1460. The van der Waals surface area contributed by atoms with Crippen LogP contribution in [0, 0.1) is 13.8 Å². The van der Waals surface area contributed by atoms with Crippen LogP contribution in [0.1, 0.15) is 27.8 Å². The van der Waals surface area contributed by atoms with Crippen LogP contribution in [-0.2, 0) is 22.6 Å². The summed E-state index contributed by atoms with van der Waals surface area (Å²) in [5.74, 6) is -0.578. The molecule has 38 heavy (non-hydrogen) atoms. The summed E-state index contributed by atoms with van der Waals surface area (Å²) in [7, 11) is 1.51. The number of barbiturate groups is 1. The molecule has 0 spiro atoms. The molecular weight excluding hydrogens is 504 g/mol. The predicted octanol–water partition coefficient (Wildman–Crippen LogP) is 5.94. The number of hydrogen-bond acceptors (Lipinski definition) is 5. The molecule has 1 aliphatic rings. The first kappa shape index (κ1) is 26.7. The average molecular weight is 531 g/mol. The van der Waals surface area contributed by atoms with E-state index in [1.165, 1.54) is 13.2 Å². The molecule has 8 heteroatoms. The van der Waals surface area contributed by atoms with Crippen molar-refractivity contribution in [2.45, 2.75) is 26.9 Å². The minimum absolute atomic E-state index is 0.180. The summed E-state index contributed by atoms with van der Waals surface area (Å²) in [5, 5.41) is 2.85. The van der Waals surface area contributed by atoms with E-state index in [9.17, 15) is 14.4 Å². The van der Waals surface area contributed by atoms with Crippen LogP contribution in [-0.4, -0.2) is 25.0 Å². The smallest absolute Gasteiger partial charge is 0.335 e. The minimum atomic E-state index is -0.796. The Morgan fingerprint density at radius 2 is 1.71 bits per heavy atom. The first-order valence-electron chi connectivity index (χ1n) is 11.9. The van der Waals surface area contributed by atoms with Gasteiger partial charge < -0.3 is 9.47 Å². The molecule has 4 rings (SSSR count). The molecule has 0 bridgehead atoms. The lowest BCUT2D eigenvalue weighted by Crippen LogP contribution is -2.54. The number of rotatable bonds is 8. The van der Waals surface area contributed by atoms with Crippen molar-refractivity contribution in [3.05, 3.63) is 106 Å². The van der Waals surface area contributed by atoms with E-state index in [-0.39, 0.29) is 12.2 Å². The molecule has 0 radical (unpaired) electrons. The molecule has 0 atom stereocenters. The van der Waals surface area contributed by atoms with Crippen molar-refractivity contribution in [2.24, 2.45) is 0 Å². The van der Waals surface area contributed by atoms with Crippen molar-refractivity contribution in [3.63, 3.8) is 0 Å². The summed E-state index contributed by atoms with van der Waals surface area (Å²) in [5.41, 5.74) is 4.05. The Balaban J connectivity index is 1.72. The topological polar surface area (TPSA) is 84.9 Å². The van der Waals surface area contributed by atoms with Gasteiger partial charge in [-0.3, -0.25) is 14.9 Å². The number of ether oxygens (including phenoxy) is 2. The molecule has 1 saturated heterocycles. The summed E-state index contributed by atoms with van der Waals surface area (Å²) in [6, 6.07) is 15.4. The Labute approximate surface area is 226 Å². The lowest BCUT2D eigenvalue weighted by molar-refractivity contribution is -0.122. The molecule has 1 heterocycles. The summed E-state index contributed by atoms with van der Waals surface area (Å²) >= 11 is 6.28. The van der Waals surface area contributed by atoms with Crippen LogP contribution in [0.25, 0.3) is 6.08 Å². The van der Waals surface area contributed by atoms with Gasteiger partial charge in [-0.05, 0) is 73.4 Å². The second-order valence-electron chi connectivity index (χ2n) is 8.89. The molecule has 0 aliphatic carbocycles. The number of urea groups is 1. The third kappa shape index (κ3) is 5.63. The Morgan fingerprint density at radius 1 is 1.00 bits per heavy atom. The highest BCUT2D eigenvalue weighted by atomic mass is 35.5. The minimum Gasteiger partial charge on any atom is -0.493 e. The van der Waals surface area contributed by atoms with Crippen LogP contribution in [0.3, 0.4) is 0 Å². The van der Waals surface area contributed by atoms with Gasteiger partial charge in [0.2, 0.25) is 0 Å². The lowest BCUT2D eigenvalue weighted by Gasteiger charge is -2.27. The molecule has 4 amide bonds.